The molecule has 1 atom stereocenters. The molecule has 26 heavy (non-hydrogen) atoms. The van der Waals surface area contributed by atoms with E-state index in [1.807, 2.05) is 18.7 Å². The van der Waals surface area contributed by atoms with Crippen molar-refractivity contribution in [3.8, 4) is 0 Å². The van der Waals surface area contributed by atoms with Crippen LogP contribution in [0.5, 0.6) is 0 Å². The van der Waals surface area contributed by atoms with Crippen LogP contribution in [0.1, 0.15) is 20.8 Å². The fourth-order valence-corrected chi connectivity index (χ4v) is 5.88. The largest absolute Gasteiger partial charge is 0.357 e. The van der Waals surface area contributed by atoms with Crippen LogP contribution in [0.15, 0.2) is 26.7 Å². The molecule has 1 aliphatic heterocycles. The zero-order chi connectivity index (χ0) is 18.3. The molecule has 1 saturated heterocycles. The number of nitrogens with zero attached hydrogens (tertiary/aromatic N) is 2. The number of rotatable bonds is 7. The summed E-state index contributed by atoms with van der Waals surface area (Å²) < 4.78 is 27.2. The van der Waals surface area contributed by atoms with Crippen LogP contribution in [-0.2, 0) is 10.0 Å². The van der Waals surface area contributed by atoms with Crippen molar-refractivity contribution in [2.24, 2.45) is 10.9 Å². The molecular formula is C16H29IN4O2S3. The van der Waals surface area contributed by atoms with Gasteiger partial charge in [0.2, 0.25) is 10.0 Å². The second-order valence-electron chi connectivity index (χ2n) is 6.16. The highest BCUT2D eigenvalue weighted by molar-refractivity contribution is 14.0. The summed E-state index contributed by atoms with van der Waals surface area (Å²) in [6.45, 7) is 10.0. The maximum atomic E-state index is 12.1. The van der Waals surface area contributed by atoms with Gasteiger partial charge >= 0.3 is 0 Å². The number of halogens is 1. The van der Waals surface area contributed by atoms with Crippen LogP contribution >= 0.6 is 47.1 Å². The van der Waals surface area contributed by atoms with Crippen LogP contribution in [0.3, 0.4) is 0 Å². The van der Waals surface area contributed by atoms with Crippen LogP contribution in [0.4, 0.5) is 0 Å². The van der Waals surface area contributed by atoms with E-state index in [1.54, 1.807) is 17.5 Å². The molecule has 0 bridgehead atoms. The van der Waals surface area contributed by atoms with Gasteiger partial charge < -0.3 is 10.2 Å². The van der Waals surface area contributed by atoms with Crippen molar-refractivity contribution in [2.45, 2.75) is 30.2 Å². The summed E-state index contributed by atoms with van der Waals surface area (Å²) in [5.74, 6) is 2.61. The highest BCUT2D eigenvalue weighted by Crippen LogP contribution is 2.24. The van der Waals surface area contributed by atoms with Crippen LogP contribution in [0.2, 0.25) is 0 Å². The highest BCUT2D eigenvalue weighted by Gasteiger charge is 2.24. The summed E-state index contributed by atoms with van der Waals surface area (Å²) >= 11 is 3.24. The molecule has 1 unspecified atom stereocenters. The summed E-state index contributed by atoms with van der Waals surface area (Å²) in [5, 5.41) is 5.69. The topological polar surface area (TPSA) is 73.8 Å². The fraction of sp³-hybridized carbons (Fsp3) is 0.688. The van der Waals surface area contributed by atoms with Crippen molar-refractivity contribution in [2.75, 3.05) is 38.5 Å². The van der Waals surface area contributed by atoms with Gasteiger partial charge in [-0.25, -0.2) is 13.1 Å². The van der Waals surface area contributed by atoms with Gasteiger partial charge in [0.25, 0.3) is 0 Å². The molecule has 0 amide bonds. The zero-order valence-corrected chi connectivity index (χ0v) is 20.3. The van der Waals surface area contributed by atoms with Gasteiger partial charge in [0.15, 0.2) is 5.96 Å². The average Bonchev–Trinajstić information content (AvgIpc) is 3.13. The Kier molecular flexibility index (Phi) is 10.8. The number of thioether (sulfide) groups is 1. The minimum atomic E-state index is -3.41. The van der Waals surface area contributed by atoms with E-state index in [0.29, 0.717) is 28.5 Å². The normalized spacial score (nSPS) is 18.7. The lowest BCUT2D eigenvalue weighted by atomic mass is 10.1. The first-order chi connectivity index (χ1) is 11.9. The molecule has 6 nitrogen and oxygen atoms in total. The minimum absolute atomic E-state index is 0. The first kappa shape index (κ1) is 24.0. The van der Waals surface area contributed by atoms with Crippen molar-refractivity contribution >= 4 is 63.1 Å². The molecule has 1 fully saturated rings. The van der Waals surface area contributed by atoms with Crippen molar-refractivity contribution in [1.82, 2.24) is 14.9 Å². The average molecular weight is 533 g/mol. The summed E-state index contributed by atoms with van der Waals surface area (Å²) in [6, 6.07) is 3.35. The van der Waals surface area contributed by atoms with Crippen molar-refractivity contribution < 1.29 is 8.42 Å². The van der Waals surface area contributed by atoms with Crippen LogP contribution in [-0.4, -0.2) is 63.0 Å². The molecule has 2 rings (SSSR count). The molecule has 0 radical (unpaired) electrons. The Morgan fingerprint density at radius 2 is 2.23 bits per heavy atom. The van der Waals surface area contributed by atoms with E-state index in [-0.39, 0.29) is 24.0 Å². The molecule has 10 heteroatoms. The molecule has 2 heterocycles. The molecule has 0 saturated carbocycles. The third-order valence-electron chi connectivity index (χ3n) is 3.90. The molecule has 1 aromatic heterocycles. The van der Waals surface area contributed by atoms with Crippen LogP contribution in [0.25, 0.3) is 0 Å². The van der Waals surface area contributed by atoms with E-state index in [0.717, 1.165) is 31.3 Å². The zero-order valence-electron chi connectivity index (χ0n) is 15.5. The van der Waals surface area contributed by atoms with E-state index in [1.165, 1.54) is 11.3 Å². The molecule has 0 spiro atoms. The number of nitrogens with one attached hydrogen (secondary N) is 2. The molecular weight excluding hydrogens is 503 g/mol. The fourth-order valence-electron chi connectivity index (χ4n) is 2.53. The van der Waals surface area contributed by atoms with Crippen LogP contribution in [0, 0.1) is 5.92 Å². The number of thiophene rings is 1. The first-order valence-electron chi connectivity index (χ1n) is 8.62. The number of guanidine groups is 1. The van der Waals surface area contributed by atoms with E-state index in [2.05, 4.69) is 33.8 Å². The Balaban J connectivity index is 0.00000338. The van der Waals surface area contributed by atoms with Gasteiger partial charge in [0.05, 0.1) is 6.54 Å². The number of sulfonamides is 1. The molecule has 1 aliphatic rings. The Hall–Kier alpha value is -0.0400. The van der Waals surface area contributed by atoms with Gasteiger partial charge in [-0.15, -0.1) is 35.3 Å². The Morgan fingerprint density at radius 3 is 2.85 bits per heavy atom. The van der Waals surface area contributed by atoms with Crippen molar-refractivity contribution in [1.29, 1.82) is 0 Å². The van der Waals surface area contributed by atoms with E-state index in [4.69, 9.17) is 0 Å². The summed E-state index contributed by atoms with van der Waals surface area (Å²) in [5.41, 5.74) is 0. The third kappa shape index (κ3) is 7.17. The molecule has 2 N–H and O–H groups in total. The molecule has 1 aromatic rings. The second kappa shape index (κ2) is 11.7. The van der Waals surface area contributed by atoms with Gasteiger partial charge in [-0.1, -0.05) is 19.9 Å². The number of hydrogen-bond donors (Lipinski definition) is 2. The number of hydrogen-bond acceptors (Lipinski definition) is 5. The summed E-state index contributed by atoms with van der Waals surface area (Å²) in [7, 11) is -3.41. The second-order valence-corrected chi connectivity index (χ2v) is 10.5. The lowest BCUT2D eigenvalue weighted by Crippen LogP contribution is -2.49. The number of aliphatic imine (C=N–C) groups is 1. The van der Waals surface area contributed by atoms with Gasteiger partial charge in [-0.3, -0.25) is 4.99 Å². The molecule has 150 valence electrons. The Morgan fingerprint density at radius 1 is 1.46 bits per heavy atom. The van der Waals surface area contributed by atoms with E-state index < -0.39 is 10.0 Å². The predicted octanol–water partition coefficient (Wildman–Crippen LogP) is 2.68. The Bertz CT molecular complexity index is 650. The smallest absolute Gasteiger partial charge is 0.250 e. The molecule has 0 aliphatic carbocycles. The SMILES string of the molecule is CCNC(=NCCNS(=O)(=O)c1cccs1)N1CCSC(C(C)C)C1.I. The first-order valence-corrected chi connectivity index (χ1v) is 12.0. The minimum Gasteiger partial charge on any atom is -0.357 e. The van der Waals surface area contributed by atoms with Crippen molar-refractivity contribution in [3.05, 3.63) is 17.5 Å². The van der Waals surface area contributed by atoms with Crippen molar-refractivity contribution in [3.63, 3.8) is 0 Å². The van der Waals surface area contributed by atoms with E-state index in [9.17, 15) is 8.42 Å². The van der Waals surface area contributed by atoms with Gasteiger partial charge in [0, 0.05) is 37.2 Å². The quantitative estimate of drug-likeness (QED) is 0.245. The van der Waals surface area contributed by atoms with E-state index >= 15 is 0 Å². The third-order valence-corrected chi connectivity index (χ3v) is 8.30. The summed E-state index contributed by atoms with van der Waals surface area (Å²) in [4.78, 5) is 6.90. The monoisotopic (exact) mass is 532 g/mol. The van der Waals surface area contributed by atoms with Gasteiger partial charge in [-0.05, 0) is 24.3 Å². The lowest BCUT2D eigenvalue weighted by Gasteiger charge is -2.36. The maximum absolute atomic E-state index is 12.1. The standard InChI is InChI=1S/C16H28N4O2S3.HI/c1-4-17-16(20-9-11-23-14(12-20)13(2)3)18-7-8-19-25(21,22)15-6-5-10-24-15;/h5-6,10,13-14,19H,4,7-9,11-12H2,1-3H3,(H,17,18);1H. The van der Waals surface area contributed by atoms with Gasteiger partial charge in [-0.2, -0.15) is 11.8 Å². The highest BCUT2D eigenvalue weighted by atomic mass is 127. The lowest BCUT2D eigenvalue weighted by molar-refractivity contribution is 0.381. The maximum Gasteiger partial charge on any atom is 0.250 e. The van der Waals surface area contributed by atoms with Gasteiger partial charge in [0.1, 0.15) is 4.21 Å². The predicted molar refractivity (Wildman–Crippen MR) is 124 cm³/mol. The summed E-state index contributed by atoms with van der Waals surface area (Å²) in [6.07, 6.45) is 0. The Labute approximate surface area is 182 Å². The van der Waals surface area contributed by atoms with Crippen LogP contribution < -0.4 is 10.0 Å². The molecule has 0 aromatic carbocycles.